The number of imidazole rings is 1. The minimum Gasteiger partial charge on any atom is -0.393 e. The van der Waals surface area contributed by atoms with E-state index < -0.39 is 0 Å². The monoisotopic (exact) mass is 1100 g/mol. The van der Waals surface area contributed by atoms with Crippen molar-refractivity contribution in [3.63, 3.8) is 0 Å². The van der Waals surface area contributed by atoms with E-state index in [1.165, 1.54) is 0 Å². The number of hydrogen-bond acceptors (Lipinski definition) is 18. The fraction of sp³-hybridized carbons (Fsp3) is 0.720. The average molecular weight is 1100 g/mol. The molecule has 3 aliphatic heterocycles. The molecule has 7 N–H and O–H groups in total. The molecule has 420 valence electrons. The van der Waals surface area contributed by atoms with Crippen molar-refractivity contribution >= 4 is 69.8 Å². The van der Waals surface area contributed by atoms with E-state index in [0.717, 1.165) is 30.8 Å². The third kappa shape index (κ3) is 20.3. The zero-order valence-corrected chi connectivity index (χ0v) is 45.4. The van der Waals surface area contributed by atoms with Crippen LogP contribution in [-0.4, -0.2) is 205 Å². The van der Waals surface area contributed by atoms with Crippen LogP contribution in [0.4, 0.5) is 22.2 Å². The van der Waals surface area contributed by atoms with Gasteiger partial charge in [0.05, 0.1) is 173 Å². The van der Waals surface area contributed by atoms with Gasteiger partial charge < -0.3 is 73.6 Å². The molecular weight excluding hydrogens is 1020 g/mol. The van der Waals surface area contributed by atoms with Gasteiger partial charge >= 0.3 is 12.0 Å². The van der Waals surface area contributed by atoms with E-state index >= 15 is 0 Å². The van der Waals surface area contributed by atoms with Crippen molar-refractivity contribution in [2.75, 3.05) is 155 Å². The second-order valence-electron chi connectivity index (χ2n) is 18.5. The van der Waals surface area contributed by atoms with Gasteiger partial charge in [-0.2, -0.15) is 11.8 Å². The van der Waals surface area contributed by atoms with E-state index in [9.17, 15) is 19.5 Å². The van der Waals surface area contributed by atoms with Crippen LogP contribution in [0.5, 0.6) is 0 Å². The summed E-state index contributed by atoms with van der Waals surface area (Å²) >= 11 is 8.53. The number of fused-ring (bicyclic) bond motifs is 3. The van der Waals surface area contributed by atoms with Crippen molar-refractivity contribution in [2.24, 2.45) is 5.92 Å². The highest BCUT2D eigenvalue weighted by Crippen LogP contribution is 2.33. The van der Waals surface area contributed by atoms with E-state index in [1.807, 2.05) is 20.9 Å². The molecule has 6 rings (SSSR count). The molecule has 23 nitrogen and oxygen atoms in total. The molecule has 3 aliphatic rings. The molecular formula is C50H80ClN10O13S+. The summed E-state index contributed by atoms with van der Waals surface area (Å²) in [5.74, 6) is 2.19. The molecule has 0 aliphatic carbocycles. The first-order valence-corrected chi connectivity index (χ1v) is 27.7. The van der Waals surface area contributed by atoms with Gasteiger partial charge in [-0.25, -0.2) is 14.3 Å². The quantitative estimate of drug-likeness (QED) is 0.0245. The van der Waals surface area contributed by atoms with Crippen molar-refractivity contribution in [1.82, 2.24) is 35.8 Å². The Labute approximate surface area is 449 Å². The van der Waals surface area contributed by atoms with Crippen molar-refractivity contribution in [2.45, 2.75) is 82.4 Å². The average Bonchev–Trinajstić information content (AvgIpc) is 4.11. The molecule has 25 heteroatoms. The van der Waals surface area contributed by atoms with E-state index in [1.54, 1.807) is 24.5 Å². The van der Waals surface area contributed by atoms with Crippen LogP contribution in [0.1, 0.15) is 62.9 Å². The maximum atomic E-state index is 13.0. The summed E-state index contributed by atoms with van der Waals surface area (Å²) in [6.45, 7) is 15.5. The molecule has 1 unspecified atom stereocenters. The molecule has 0 radical (unpaired) electrons. The lowest BCUT2D eigenvalue weighted by Gasteiger charge is -2.28. The van der Waals surface area contributed by atoms with E-state index in [2.05, 4.69) is 52.7 Å². The van der Waals surface area contributed by atoms with Crippen LogP contribution in [0.15, 0.2) is 24.5 Å². The SMILES string of the molecule is CC1C[n+]2c(nc3c(ncn3C(C)C)c2Nc2ccc(C(=O)NCCOCCOCCOCCOCCOCCOCCOCCOCCOCCNC(=O)CCCC[C@@H]3SC[C@@H]4NC(=O)N[C@@H]43)c(Cl)c2)N[C@@H]1CO. The van der Waals surface area contributed by atoms with Crippen LogP contribution < -0.4 is 36.5 Å². The topological polar surface area (TPSA) is 261 Å². The first kappa shape index (κ1) is 60.1. The van der Waals surface area contributed by atoms with Crippen LogP contribution >= 0.6 is 23.4 Å². The fourth-order valence-electron chi connectivity index (χ4n) is 8.50. The van der Waals surface area contributed by atoms with Gasteiger partial charge in [-0.1, -0.05) is 29.9 Å². The van der Waals surface area contributed by atoms with E-state index in [-0.39, 0.29) is 54.5 Å². The van der Waals surface area contributed by atoms with Gasteiger partial charge in [-0.05, 0) is 44.9 Å². The number of anilines is 3. The molecule has 4 amide bonds. The van der Waals surface area contributed by atoms with Crippen LogP contribution in [0.25, 0.3) is 11.2 Å². The standard InChI is InChI=1S/C50H79ClN10O13S/c1-35(2)61-34-54-45-46(60-31-36(3)40(32-62)56-49(60)59-47(45)61)55-37-8-9-38(39(51)30-37)48(64)53-11-13-67-15-17-69-19-21-71-23-25-73-27-29-74-28-26-72-24-22-70-20-18-68-16-14-66-12-10-52-43(63)7-5-4-6-42-44-41(33-75-42)57-50(65)58-44/h8-9,30,34-36,40-42,44,62H,4-7,10-29,31-33H2,1-3H3,(H5,52,53,55,56,57,58,59,63,64,65)/p+1/t36?,40-,41+,42+,44+/m1/s1. The summed E-state index contributed by atoms with van der Waals surface area (Å²) < 4.78 is 53.9. The van der Waals surface area contributed by atoms with E-state index in [0.29, 0.717) is 184 Å². The molecule has 0 bridgehead atoms. The number of thioether (sulfide) groups is 1. The first-order valence-electron chi connectivity index (χ1n) is 26.3. The molecule has 3 aromatic rings. The third-order valence-corrected chi connectivity index (χ3v) is 14.4. The lowest BCUT2D eigenvalue weighted by Crippen LogP contribution is -2.54. The molecule has 2 aromatic heterocycles. The second-order valence-corrected chi connectivity index (χ2v) is 20.2. The molecule has 5 atom stereocenters. The minimum atomic E-state index is -0.307. The number of nitrogens with one attached hydrogen (secondary N) is 6. The number of aliphatic hydroxyl groups is 1. The van der Waals surface area contributed by atoms with Crippen LogP contribution in [-0.2, 0) is 54.0 Å². The summed E-state index contributed by atoms with van der Waals surface area (Å²) in [6.07, 6.45) is 5.08. The zero-order valence-electron chi connectivity index (χ0n) is 43.8. The van der Waals surface area contributed by atoms with Crippen molar-refractivity contribution in [3.05, 3.63) is 35.1 Å². The lowest BCUT2D eigenvalue weighted by atomic mass is 10.0. The number of carbonyl (C=O) groups is 3. The predicted molar refractivity (Wildman–Crippen MR) is 283 cm³/mol. The summed E-state index contributed by atoms with van der Waals surface area (Å²) in [7, 11) is 0. The summed E-state index contributed by atoms with van der Waals surface area (Å²) in [5.41, 5.74) is 2.45. The lowest BCUT2D eigenvalue weighted by molar-refractivity contribution is -0.681. The molecule has 75 heavy (non-hydrogen) atoms. The molecule has 1 aromatic carbocycles. The Bertz CT molecular complexity index is 2180. The third-order valence-electron chi connectivity index (χ3n) is 12.6. The molecule has 5 heterocycles. The summed E-state index contributed by atoms with van der Waals surface area (Å²) in [6, 6.07) is 5.60. The van der Waals surface area contributed by atoms with Crippen molar-refractivity contribution in [3.8, 4) is 0 Å². The normalized spacial score (nSPS) is 19.0. The Morgan fingerprint density at radius 1 is 0.800 bits per heavy atom. The van der Waals surface area contributed by atoms with E-state index in [4.69, 9.17) is 64.2 Å². The number of ether oxygens (including phenoxy) is 9. The Balaban J connectivity index is 0.650. The summed E-state index contributed by atoms with van der Waals surface area (Å²) in [5, 5.41) is 29.2. The molecule has 2 saturated heterocycles. The Morgan fingerprint density at radius 2 is 1.36 bits per heavy atom. The van der Waals surface area contributed by atoms with Crippen LogP contribution in [0.3, 0.4) is 0 Å². The smallest absolute Gasteiger partial charge is 0.349 e. The molecule has 2 fully saturated rings. The number of nitrogens with zero attached hydrogens (tertiary/aromatic N) is 4. The molecule has 0 spiro atoms. The van der Waals surface area contributed by atoms with Crippen molar-refractivity contribution < 1.29 is 66.7 Å². The highest BCUT2D eigenvalue weighted by molar-refractivity contribution is 8.00. The number of carbonyl (C=O) groups excluding carboxylic acids is 3. The van der Waals surface area contributed by atoms with Gasteiger partial charge in [0.2, 0.25) is 17.4 Å². The highest BCUT2D eigenvalue weighted by atomic mass is 35.5. The van der Waals surface area contributed by atoms with Crippen LogP contribution in [0, 0.1) is 5.92 Å². The number of benzene rings is 1. The second kappa shape index (κ2) is 33.9. The number of aliphatic hydroxyl groups excluding tert-OH is 1. The Morgan fingerprint density at radius 3 is 1.91 bits per heavy atom. The van der Waals surface area contributed by atoms with Crippen molar-refractivity contribution in [1.29, 1.82) is 0 Å². The maximum absolute atomic E-state index is 13.0. The summed E-state index contributed by atoms with van der Waals surface area (Å²) in [4.78, 5) is 46.1. The fourth-order valence-corrected chi connectivity index (χ4v) is 10.3. The Kier molecular flexibility index (Phi) is 27.1. The van der Waals surface area contributed by atoms with Crippen LogP contribution in [0.2, 0.25) is 5.02 Å². The first-order chi connectivity index (χ1) is 36.6. The largest absolute Gasteiger partial charge is 0.393 e. The van der Waals surface area contributed by atoms with Gasteiger partial charge in [0.25, 0.3) is 5.91 Å². The van der Waals surface area contributed by atoms with Gasteiger partial charge in [0, 0.05) is 42.5 Å². The van der Waals surface area contributed by atoms with Gasteiger partial charge in [0.1, 0.15) is 0 Å². The minimum absolute atomic E-state index is 0.00186. The highest BCUT2D eigenvalue weighted by Gasteiger charge is 2.42. The van der Waals surface area contributed by atoms with Gasteiger partial charge in [0.15, 0.2) is 5.52 Å². The Hall–Kier alpha value is -4.18. The number of aromatic nitrogens is 4. The number of amides is 4. The number of rotatable bonds is 40. The zero-order chi connectivity index (χ0) is 53.0. The molecule has 0 saturated carbocycles. The number of hydrogen-bond donors (Lipinski definition) is 7. The number of urea groups is 1. The maximum Gasteiger partial charge on any atom is 0.349 e. The number of halogens is 1. The number of unbranched alkanes of at least 4 members (excludes halogenated alkanes) is 1. The van der Waals surface area contributed by atoms with Gasteiger partial charge in [-0.3, -0.25) is 20.2 Å². The van der Waals surface area contributed by atoms with Gasteiger partial charge in [-0.15, -0.1) is 0 Å². The predicted octanol–water partition coefficient (Wildman–Crippen LogP) is 2.84.